The molecule has 0 aliphatic heterocycles. The maximum Gasteiger partial charge on any atom is 0.163 e. The molecule has 0 fully saturated rings. The molecule has 0 saturated carbocycles. The van der Waals surface area contributed by atoms with Crippen LogP contribution in [0.3, 0.4) is 0 Å². The van der Waals surface area contributed by atoms with Gasteiger partial charge in [-0.3, -0.25) is 0 Å². The van der Waals surface area contributed by atoms with E-state index in [0.717, 1.165) is 18.5 Å². The molecule has 27 heavy (non-hydrogen) atoms. The van der Waals surface area contributed by atoms with Crippen LogP contribution < -0.4 is 14.8 Å². The number of unbranched alkanes of at least 4 members (excludes halogenated alkanes) is 3. The molecule has 2 aromatic carbocycles. The average molecular weight is 414 g/mol. The van der Waals surface area contributed by atoms with Gasteiger partial charge in [0.15, 0.2) is 11.5 Å². The molecular formula is C21H26Cl2FNO2. The minimum atomic E-state index is -0.379. The Morgan fingerprint density at radius 2 is 1.74 bits per heavy atom. The predicted molar refractivity (Wildman–Crippen MR) is 110 cm³/mol. The van der Waals surface area contributed by atoms with Gasteiger partial charge in [-0.05, 0) is 36.7 Å². The van der Waals surface area contributed by atoms with Crippen molar-refractivity contribution < 1.29 is 13.9 Å². The standard InChI is InChI=1S/C21H26Cl2FNO2/c1-3-4-5-6-9-25-13-16-10-20(26-2)21(12-19(16)23)27-14-15-7-8-17(24)11-18(15)22/h7-8,10-12,25H,3-6,9,13-14H2,1-2H3. The van der Waals surface area contributed by atoms with Gasteiger partial charge in [0.2, 0.25) is 0 Å². The summed E-state index contributed by atoms with van der Waals surface area (Å²) in [6.45, 7) is 4.03. The number of hydrogen-bond donors (Lipinski definition) is 1. The Morgan fingerprint density at radius 3 is 2.44 bits per heavy atom. The minimum absolute atomic E-state index is 0.195. The predicted octanol–water partition coefficient (Wildman–Crippen LogP) is 6.39. The molecule has 0 amide bonds. The van der Waals surface area contributed by atoms with Crippen molar-refractivity contribution in [3.05, 3.63) is 57.3 Å². The summed E-state index contributed by atoms with van der Waals surface area (Å²) in [5.74, 6) is 0.742. The number of halogens is 3. The second-order valence-electron chi connectivity index (χ2n) is 6.36. The van der Waals surface area contributed by atoms with Gasteiger partial charge in [0.05, 0.1) is 12.1 Å². The summed E-state index contributed by atoms with van der Waals surface area (Å²) in [5, 5.41) is 4.34. The fourth-order valence-electron chi connectivity index (χ4n) is 2.68. The van der Waals surface area contributed by atoms with Crippen LogP contribution in [-0.4, -0.2) is 13.7 Å². The lowest BCUT2D eigenvalue weighted by atomic mass is 10.1. The molecule has 0 aliphatic carbocycles. The largest absolute Gasteiger partial charge is 0.493 e. The van der Waals surface area contributed by atoms with Gasteiger partial charge in [-0.15, -0.1) is 0 Å². The number of ether oxygens (including phenoxy) is 2. The topological polar surface area (TPSA) is 30.5 Å². The molecule has 0 saturated heterocycles. The van der Waals surface area contributed by atoms with Crippen molar-refractivity contribution in [1.82, 2.24) is 5.32 Å². The lowest BCUT2D eigenvalue weighted by Crippen LogP contribution is -2.15. The van der Waals surface area contributed by atoms with Crippen LogP contribution in [-0.2, 0) is 13.2 Å². The third-order valence-electron chi connectivity index (χ3n) is 4.25. The number of rotatable bonds is 11. The van der Waals surface area contributed by atoms with Gasteiger partial charge in [-0.25, -0.2) is 4.39 Å². The van der Waals surface area contributed by atoms with E-state index in [-0.39, 0.29) is 12.4 Å². The molecule has 0 radical (unpaired) electrons. The normalized spacial score (nSPS) is 10.9. The zero-order valence-corrected chi connectivity index (χ0v) is 17.3. The summed E-state index contributed by atoms with van der Waals surface area (Å²) >= 11 is 12.4. The van der Waals surface area contributed by atoms with Gasteiger partial charge in [0, 0.05) is 23.2 Å². The molecule has 0 aliphatic rings. The van der Waals surface area contributed by atoms with E-state index in [9.17, 15) is 4.39 Å². The highest BCUT2D eigenvalue weighted by molar-refractivity contribution is 6.31. The first-order valence-electron chi connectivity index (χ1n) is 9.19. The summed E-state index contributed by atoms with van der Waals surface area (Å²) in [7, 11) is 1.59. The van der Waals surface area contributed by atoms with Crippen LogP contribution in [0.15, 0.2) is 30.3 Å². The molecule has 0 unspecified atom stereocenters. The summed E-state index contributed by atoms with van der Waals surface area (Å²) < 4.78 is 24.4. The molecule has 1 N–H and O–H groups in total. The van der Waals surface area contributed by atoms with Gasteiger partial charge < -0.3 is 14.8 Å². The maximum atomic E-state index is 13.1. The Labute approximate surface area is 170 Å². The molecule has 0 bridgehead atoms. The van der Waals surface area contributed by atoms with E-state index in [0.29, 0.717) is 33.7 Å². The maximum absolute atomic E-state index is 13.1. The summed E-state index contributed by atoms with van der Waals surface area (Å²) in [5.41, 5.74) is 1.64. The van der Waals surface area contributed by atoms with E-state index < -0.39 is 0 Å². The van der Waals surface area contributed by atoms with Crippen LogP contribution in [0.5, 0.6) is 11.5 Å². The van der Waals surface area contributed by atoms with Gasteiger partial charge >= 0.3 is 0 Å². The number of hydrogen-bond acceptors (Lipinski definition) is 3. The lowest BCUT2D eigenvalue weighted by Gasteiger charge is -2.15. The van der Waals surface area contributed by atoms with Crippen molar-refractivity contribution in [3.63, 3.8) is 0 Å². The van der Waals surface area contributed by atoms with Gasteiger partial charge in [0.1, 0.15) is 12.4 Å². The highest BCUT2D eigenvalue weighted by atomic mass is 35.5. The van der Waals surface area contributed by atoms with Crippen LogP contribution in [0.2, 0.25) is 10.0 Å². The smallest absolute Gasteiger partial charge is 0.163 e. The molecule has 3 nitrogen and oxygen atoms in total. The molecule has 2 aromatic rings. The average Bonchev–Trinajstić information content (AvgIpc) is 2.65. The summed E-state index contributed by atoms with van der Waals surface area (Å²) in [6, 6.07) is 7.83. The van der Waals surface area contributed by atoms with E-state index in [2.05, 4.69) is 12.2 Å². The Hall–Kier alpha value is -1.49. The molecule has 0 heterocycles. The molecule has 2 rings (SSSR count). The molecule has 0 spiro atoms. The third-order valence-corrected chi connectivity index (χ3v) is 4.96. The highest BCUT2D eigenvalue weighted by Gasteiger charge is 2.12. The minimum Gasteiger partial charge on any atom is -0.493 e. The van der Waals surface area contributed by atoms with Crippen molar-refractivity contribution in [2.45, 2.75) is 45.8 Å². The second-order valence-corrected chi connectivity index (χ2v) is 7.17. The van der Waals surface area contributed by atoms with E-state index in [4.69, 9.17) is 32.7 Å². The first-order valence-corrected chi connectivity index (χ1v) is 9.94. The summed E-state index contributed by atoms with van der Waals surface area (Å²) in [4.78, 5) is 0. The number of methoxy groups -OCH3 is 1. The van der Waals surface area contributed by atoms with Crippen molar-refractivity contribution in [3.8, 4) is 11.5 Å². The fraction of sp³-hybridized carbons (Fsp3) is 0.429. The van der Waals surface area contributed by atoms with Gasteiger partial charge in [-0.1, -0.05) is 55.5 Å². The molecule has 148 valence electrons. The van der Waals surface area contributed by atoms with Crippen LogP contribution in [0.1, 0.15) is 43.7 Å². The lowest BCUT2D eigenvalue weighted by molar-refractivity contribution is 0.284. The van der Waals surface area contributed by atoms with Gasteiger partial charge in [0.25, 0.3) is 0 Å². The number of nitrogens with one attached hydrogen (secondary N) is 1. The first-order chi connectivity index (χ1) is 13.0. The second kappa shape index (κ2) is 11.4. The highest BCUT2D eigenvalue weighted by Crippen LogP contribution is 2.34. The van der Waals surface area contributed by atoms with Crippen LogP contribution >= 0.6 is 23.2 Å². The van der Waals surface area contributed by atoms with Crippen LogP contribution in [0.25, 0.3) is 0 Å². The Morgan fingerprint density at radius 1 is 0.963 bits per heavy atom. The molecule has 6 heteroatoms. The zero-order valence-electron chi connectivity index (χ0n) is 15.8. The number of benzene rings is 2. The SMILES string of the molecule is CCCCCCNCc1cc(OC)c(OCc2ccc(F)cc2Cl)cc1Cl. The quantitative estimate of drug-likeness (QED) is 0.432. The van der Waals surface area contributed by atoms with E-state index in [1.807, 2.05) is 6.07 Å². The van der Waals surface area contributed by atoms with Crippen molar-refractivity contribution in [2.75, 3.05) is 13.7 Å². The van der Waals surface area contributed by atoms with Crippen molar-refractivity contribution >= 4 is 23.2 Å². The Bertz CT molecular complexity index is 740. The van der Waals surface area contributed by atoms with Crippen molar-refractivity contribution in [2.24, 2.45) is 0 Å². The third kappa shape index (κ3) is 6.87. The van der Waals surface area contributed by atoms with Crippen molar-refractivity contribution in [1.29, 1.82) is 0 Å². The molecule has 0 aromatic heterocycles. The molecular weight excluding hydrogens is 388 g/mol. The van der Waals surface area contributed by atoms with Gasteiger partial charge in [-0.2, -0.15) is 0 Å². The van der Waals surface area contributed by atoms with Crippen LogP contribution in [0.4, 0.5) is 4.39 Å². The zero-order chi connectivity index (χ0) is 19.6. The van der Waals surface area contributed by atoms with Crippen LogP contribution in [0, 0.1) is 5.82 Å². The van der Waals surface area contributed by atoms with E-state index in [1.54, 1.807) is 19.2 Å². The fourth-order valence-corrected chi connectivity index (χ4v) is 3.12. The van der Waals surface area contributed by atoms with E-state index in [1.165, 1.54) is 31.4 Å². The monoisotopic (exact) mass is 413 g/mol. The van der Waals surface area contributed by atoms with E-state index >= 15 is 0 Å². The Balaban J connectivity index is 1.98. The molecule has 0 atom stereocenters. The summed E-state index contributed by atoms with van der Waals surface area (Å²) in [6.07, 6.45) is 4.88. The first kappa shape index (κ1) is 21.8. The Kier molecular flexibility index (Phi) is 9.19.